The lowest BCUT2D eigenvalue weighted by Crippen LogP contribution is -2.44. The largest absolute Gasteiger partial charge is 0.441 e. The average Bonchev–Trinajstić information content (AvgIpc) is 3.45. The molecule has 45 heavy (non-hydrogen) atoms. The van der Waals surface area contributed by atoms with Gasteiger partial charge in [0.05, 0.1) is 34.0 Å². The number of sulfonamides is 1. The van der Waals surface area contributed by atoms with Gasteiger partial charge in [-0.2, -0.15) is 0 Å². The van der Waals surface area contributed by atoms with Gasteiger partial charge in [0, 0.05) is 34.9 Å². The number of anilines is 1. The lowest BCUT2D eigenvalue weighted by molar-refractivity contribution is -0.0985. The molecule has 242 valence electrons. The predicted octanol–water partition coefficient (Wildman–Crippen LogP) is 5.92. The second-order valence-electron chi connectivity index (χ2n) is 12.6. The van der Waals surface area contributed by atoms with E-state index in [0.29, 0.717) is 24.5 Å². The van der Waals surface area contributed by atoms with Crippen LogP contribution in [0.25, 0.3) is 10.4 Å². The monoisotopic (exact) mass is 655 g/mol. The van der Waals surface area contributed by atoms with Gasteiger partial charge in [-0.3, -0.25) is 0 Å². The Morgan fingerprint density at radius 3 is 2.40 bits per heavy atom. The summed E-state index contributed by atoms with van der Waals surface area (Å²) >= 11 is 1.47. The Morgan fingerprint density at radius 1 is 1.04 bits per heavy atom. The summed E-state index contributed by atoms with van der Waals surface area (Å²) in [6.45, 7) is 8.12. The van der Waals surface area contributed by atoms with Gasteiger partial charge < -0.3 is 25.4 Å². The maximum absolute atomic E-state index is 13.7. The number of ether oxygens (including phenoxy) is 2. The first kappa shape index (κ1) is 32.9. The van der Waals surface area contributed by atoms with Gasteiger partial charge in [-0.05, 0) is 71.1 Å². The first-order valence-corrected chi connectivity index (χ1v) is 17.5. The number of nitrogens with zero attached hydrogens (tertiary/aromatic N) is 1. The number of rotatable bonds is 9. The predicted molar refractivity (Wildman–Crippen MR) is 174 cm³/mol. The highest BCUT2D eigenvalue weighted by Gasteiger charge is 2.30. The standard InChI is InChI=1S/C32H41N5O6S2/c1-20(21-8-6-5-7-9-21)34-30(38)35-24-14-15-26(28(16-24)45(40,41)37-32(2,3)4)27-17-33-29(44-27)22-10-12-23(13-11-22)36-31(39)43-25-18-42-19-25/h5-9,14-17,20,22-23,25,37H,10-13,18-19H2,1-4H3,(H,36,39)(H2,34,35,38)/t20-,22?,23?/m1/s1. The number of aromatic nitrogens is 1. The SMILES string of the molecule is C[C@@H](NC(=O)Nc1ccc(-c2cnc(C3CCC(NC(=O)OC4COC4)CC3)s2)c(S(=O)(=O)NC(C)(C)C)c1)c1ccccc1. The number of hydrogen-bond donors (Lipinski definition) is 4. The van der Waals surface area contributed by atoms with Crippen molar-refractivity contribution in [3.8, 4) is 10.4 Å². The number of nitrogens with one attached hydrogen (secondary N) is 4. The fraction of sp³-hybridized carbons (Fsp3) is 0.469. The van der Waals surface area contributed by atoms with Crippen LogP contribution in [-0.2, 0) is 19.5 Å². The van der Waals surface area contributed by atoms with Crippen molar-refractivity contribution < 1.29 is 27.5 Å². The zero-order chi connectivity index (χ0) is 32.2. The van der Waals surface area contributed by atoms with Gasteiger partial charge >= 0.3 is 12.1 Å². The summed E-state index contributed by atoms with van der Waals surface area (Å²) in [4.78, 5) is 30.4. The summed E-state index contributed by atoms with van der Waals surface area (Å²) in [5, 5.41) is 9.57. The van der Waals surface area contributed by atoms with Gasteiger partial charge in [0.1, 0.15) is 0 Å². The third-order valence-corrected chi connectivity index (χ3v) is 10.7. The molecule has 2 aliphatic rings. The summed E-state index contributed by atoms with van der Waals surface area (Å²) in [7, 11) is -3.96. The van der Waals surface area contributed by atoms with E-state index in [2.05, 4.69) is 25.7 Å². The summed E-state index contributed by atoms with van der Waals surface area (Å²) < 4.78 is 40.4. The molecule has 1 aliphatic heterocycles. The molecule has 4 N–H and O–H groups in total. The molecule has 1 saturated heterocycles. The zero-order valence-electron chi connectivity index (χ0n) is 26.0. The van der Waals surface area contributed by atoms with E-state index in [4.69, 9.17) is 9.47 Å². The minimum atomic E-state index is -3.96. The molecule has 1 atom stereocenters. The van der Waals surface area contributed by atoms with Crippen LogP contribution in [0.1, 0.15) is 75.9 Å². The molecule has 13 heteroatoms. The quantitative estimate of drug-likeness (QED) is 0.224. The summed E-state index contributed by atoms with van der Waals surface area (Å²) in [5.41, 5.74) is 1.10. The Balaban J connectivity index is 1.29. The maximum atomic E-state index is 13.7. The minimum Gasteiger partial charge on any atom is -0.441 e. The lowest BCUT2D eigenvalue weighted by Gasteiger charge is -2.30. The molecule has 1 aromatic heterocycles. The molecule has 3 amide bonds. The van der Waals surface area contributed by atoms with Gasteiger partial charge in [-0.25, -0.2) is 27.7 Å². The van der Waals surface area contributed by atoms with Gasteiger partial charge in [0.2, 0.25) is 10.0 Å². The van der Waals surface area contributed by atoms with Gasteiger partial charge in [-0.1, -0.05) is 36.4 Å². The van der Waals surface area contributed by atoms with E-state index in [1.54, 1.807) is 39.1 Å². The van der Waals surface area contributed by atoms with Crippen LogP contribution in [0, 0.1) is 0 Å². The van der Waals surface area contributed by atoms with Crippen molar-refractivity contribution in [3.05, 3.63) is 65.3 Å². The van der Waals surface area contributed by atoms with Crippen molar-refractivity contribution >= 4 is 39.2 Å². The number of thiazole rings is 1. The fourth-order valence-electron chi connectivity index (χ4n) is 5.39. The molecule has 1 saturated carbocycles. The molecule has 0 unspecified atom stereocenters. The van der Waals surface area contributed by atoms with Crippen molar-refractivity contribution in [2.75, 3.05) is 18.5 Å². The Hall–Kier alpha value is -3.52. The Kier molecular flexibility index (Phi) is 10.1. The van der Waals surface area contributed by atoms with Crippen molar-refractivity contribution in [1.82, 2.24) is 20.3 Å². The highest BCUT2D eigenvalue weighted by Crippen LogP contribution is 2.40. The Morgan fingerprint density at radius 2 is 1.76 bits per heavy atom. The number of carbonyl (C=O) groups excluding carboxylic acids is 2. The van der Waals surface area contributed by atoms with E-state index < -0.39 is 27.7 Å². The van der Waals surface area contributed by atoms with Gasteiger partial charge in [0.25, 0.3) is 0 Å². The fourth-order valence-corrected chi connectivity index (χ4v) is 8.25. The van der Waals surface area contributed by atoms with Crippen molar-refractivity contribution in [2.45, 2.75) is 87.9 Å². The van der Waals surface area contributed by atoms with E-state index in [1.165, 1.54) is 17.4 Å². The van der Waals surface area contributed by atoms with E-state index >= 15 is 0 Å². The first-order chi connectivity index (χ1) is 21.4. The summed E-state index contributed by atoms with van der Waals surface area (Å²) in [5.74, 6) is 0.210. The lowest BCUT2D eigenvalue weighted by atomic mass is 9.86. The average molecular weight is 656 g/mol. The highest BCUT2D eigenvalue weighted by atomic mass is 32.2. The molecule has 5 rings (SSSR count). The number of hydrogen-bond acceptors (Lipinski definition) is 8. The van der Waals surface area contributed by atoms with Crippen molar-refractivity contribution in [1.29, 1.82) is 0 Å². The van der Waals surface area contributed by atoms with E-state index in [0.717, 1.165) is 41.1 Å². The normalized spacial score (nSPS) is 19.6. The number of urea groups is 1. The summed E-state index contributed by atoms with van der Waals surface area (Å²) in [6.07, 6.45) is 4.46. The second kappa shape index (κ2) is 13.9. The van der Waals surface area contributed by atoms with Crippen LogP contribution in [0.4, 0.5) is 15.3 Å². The van der Waals surface area contributed by atoms with E-state index in [-0.39, 0.29) is 29.0 Å². The molecular weight excluding hydrogens is 615 g/mol. The van der Waals surface area contributed by atoms with Crippen LogP contribution in [-0.4, -0.2) is 56.4 Å². The van der Waals surface area contributed by atoms with E-state index in [9.17, 15) is 18.0 Å². The van der Waals surface area contributed by atoms with Crippen LogP contribution in [0.2, 0.25) is 0 Å². The molecule has 1 aliphatic carbocycles. The van der Waals surface area contributed by atoms with Crippen LogP contribution < -0.4 is 20.7 Å². The van der Waals surface area contributed by atoms with E-state index in [1.807, 2.05) is 37.3 Å². The third kappa shape index (κ3) is 8.81. The third-order valence-electron chi connectivity index (χ3n) is 7.69. The second-order valence-corrected chi connectivity index (χ2v) is 15.3. The van der Waals surface area contributed by atoms with Crippen molar-refractivity contribution in [3.63, 3.8) is 0 Å². The highest BCUT2D eigenvalue weighted by molar-refractivity contribution is 7.89. The summed E-state index contributed by atoms with van der Waals surface area (Å²) in [6, 6.07) is 13.8. The smallest absolute Gasteiger partial charge is 0.407 e. The van der Waals surface area contributed by atoms with Gasteiger partial charge in [0.15, 0.2) is 6.10 Å². The molecule has 0 spiro atoms. The molecule has 0 radical (unpaired) electrons. The molecule has 2 fully saturated rings. The number of alkyl carbamates (subject to hydrolysis) is 1. The van der Waals surface area contributed by atoms with Crippen LogP contribution in [0.5, 0.6) is 0 Å². The Bertz CT molecular complexity index is 1590. The molecule has 11 nitrogen and oxygen atoms in total. The molecule has 2 heterocycles. The van der Waals surface area contributed by atoms with Crippen LogP contribution in [0.15, 0.2) is 59.6 Å². The zero-order valence-corrected chi connectivity index (χ0v) is 27.6. The van der Waals surface area contributed by atoms with Crippen molar-refractivity contribution in [2.24, 2.45) is 0 Å². The first-order valence-electron chi connectivity index (χ1n) is 15.2. The Labute approximate surface area is 268 Å². The number of benzene rings is 2. The topological polar surface area (TPSA) is 148 Å². The number of carbonyl (C=O) groups is 2. The van der Waals surface area contributed by atoms with Gasteiger partial charge in [-0.15, -0.1) is 11.3 Å². The van der Waals surface area contributed by atoms with Crippen LogP contribution in [0.3, 0.4) is 0 Å². The van der Waals surface area contributed by atoms with Crippen LogP contribution >= 0.6 is 11.3 Å². The number of amides is 3. The minimum absolute atomic E-state index is 0.0438. The molecule has 0 bridgehead atoms. The molecule has 2 aromatic carbocycles. The molecular formula is C32H41N5O6S2. The maximum Gasteiger partial charge on any atom is 0.407 e. The molecule has 3 aromatic rings.